The summed E-state index contributed by atoms with van der Waals surface area (Å²) in [6.07, 6.45) is -0.758. The molecule has 8 heteroatoms. The fourth-order valence-electron chi connectivity index (χ4n) is 1.48. The summed E-state index contributed by atoms with van der Waals surface area (Å²) in [6, 6.07) is 7.53. The minimum Gasteiger partial charge on any atom is -1.00 e. The molecule has 1 aromatic carbocycles. The van der Waals surface area contributed by atoms with Gasteiger partial charge in [-0.05, 0) is 22.9 Å². The monoisotopic (exact) mass is 302 g/mol. The summed E-state index contributed by atoms with van der Waals surface area (Å²) in [4.78, 5) is 1.32. The van der Waals surface area contributed by atoms with Gasteiger partial charge < -0.3 is 22.8 Å². The quantitative estimate of drug-likeness (QED) is 0.649. The van der Waals surface area contributed by atoms with Gasteiger partial charge in [-0.15, -0.1) is 10.2 Å². The molecule has 0 spiro atoms. The van der Waals surface area contributed by atoms with Crippen molar-refractivity contribution >= 4 is 11.6 Å². The average molecular weight is 303 g/mol. The summed E-state index contributed by atoms with van der Waals surface area (Å²) >= 11 is 5.79. The molecular weight excluding hydrogens is 289 g/mol. The first-order valence-electron chi connectivity index (χ1n) is 5.52. The number of nitrogens with zero attached hydrogens (tertiary/aromatic N) is 4. The van der Waals surface area contributed by atoms with Gasteiger partial charge in [0.25, 0.3) is 0 Å². The molecule has 0 radical (unpaired) electrons. The smallest absolute Gasteiger partial charge is 0.204 e. The third kappa shape index (κ3) is 4.76. The van der Waals surface area contributed by atoms with Gasteiger partial charge in [-0.1, -0.05) is 23.7 Å². The fraction of sp³-hybridized carbons (Fsp3) is 0.364. The van der Waals surface area contributed by atoms with Gasteiger partial charge in [-0.2, -0.15) is 4.80 Å². The molecule has 1 unspecified atom stereocenters. The number of hydrogen-bond acceptors (Lipinski definition) is 5. The Morgan fingerprint density at radius 3 is 2.63 bits per heavy atom. The van der Waals surface area contributed by atoms with Crippen molar-refractivity contribution in [2.24, 2.45) is 7.05 Å². The topological polar surface area (TPSA) is 75.9 Å². The lowest BCUT2D eigenvalue weighted by Crippen LogP contribution is -3.00. The maximum Gasteiger partial charge on any atom is 0.204 e. The van der Waals surface area contributed by atoms with Crippen LogP contribution in [0.5, 0.6) is 0 Å². The van der Waals surface area contributed by atoms with Crippen LogP contribution in [-0.4, -0.2) is 31.9 Å². The molecule has 2 rings (SSSR count). The van der Waals surface area contributed by atoms with Gasteiger partial charge in [0.2, 0.25) is 5.82 Å². The van der Waals surface area contributed by atoms with Crippen LogP contribution in [-0.2, 0) is 13.6 Å². The first kappa shape index (κ1) is 15.8. The molecule has 6 nitrogen and oxygen atoms in total. The maximum absolute atomic E-state index is 9.79. The Morgan fingerprint density at radius 2 is 2.05 bits per heavy atom. The van der Waals surface area contributed by atoms with E-state index in [1.165, 1.54) is 4.80 Å². The van der Waals surface area contributed by atoms with Gasteiger partial charge in [-0.3, -0.25) is 0 Å². The number of rotatable bonds is 5. The summed E-state index contributed by atoms with van der Waals surface area (Å²) in [6.45, 7) is 1.02. The molecule has 0 aliphatic rings. The SMILES string of the molecule is Cn1nnc(C(O)CNCc2ccc(Cl)cc2)n1.[Cl-]. The standard InChI is InChI=1S/C11H14ClN5O.ClH/c1-17-15-11(14-16-17)10(18)7-13-6-8-2-4-9(12)5-3-8;/h2-5,10,13,18H,6-7H2,1H3;1H/p-1. The number of benzene rings is 1. The molecular formula is C11H14Cl2N5O-. The lowest BCUT2D eigenvalue weighted by Gasteiger charge is -2.08. The molecule has 0 saturated heterocycles. The van der Waals surface area contributed by atoms with E-state index in [1.54, 1.807) is 7.05 Å². The lowest BCUT2D eigenvalue weighted by molar-refractivity contribution is -0.00000550. The average Bonchev–Trinajstić information content (AvgIpc) is 2.78. The Balaban J connectivity index is 0.00000180. The molecule has 0 bridgehead atoms. The van der Waals surface area contributed by atoms with Gasteiger partial charge in [0.1, 0.15) is 6.10 Å². The van der Waals surface area contributed by atoms with Crippen molar-refractivity contribution in [1.29, 1.82) is 0 Å². The number of aliphatic hydroxyl groups excluding tert-OH is 1. The summed E-state index contributed by atoms with van der Waals surface area (Å²) < 4.78 is 0. The van der Waals surface area contributed by atoms with E-state index in [0.717, 1.165) is 5.56 Å². The van der Waals surface area contributed by atoms with Gasteiger partial charge in [-0.25, -0.2) is 0 Å². The summed E-state index contributed by atoms with van der Waals surface area (Å²) in [7, 11) is 1.66. The van der Waals surface area contributed by atoms with E-state index in [4.69, 9.17) is 11.6 Å². The summed E-state index contributed by atoms with van der Waals surface area (Å²) in [5.74, 6) is 0.320. The first-order valence-corrected chi connectivity index (χ1v) is 5.90. The third-order valence-electron chi connectivity index (χ3n) is 2.40. The molecule has 0 amide bonds. The number of aromatic nitrogens is 4. The van der Waals surface area contributed by atoms with Crippen molar-refractivity contribution in [1.82, 2.24) is 25.5 Å². The highest BCUT2D eigenvalue weighted by Crippen LogP contribution is 2.09. The van der Waals surface area contributed by atoms with Crippen molar-refractivity contribution in [2.75, 3.05) is 6.54 Å². The molecule has 104 valence electrons. The number of hydrogen-bond donors (Lipinski definition) is 2. The zero-order valence-electron chi connectivity index (χ0n) is 10.3. The van der Waals surface area contributed by atoms with E-state index in [2.05, 4.69) is 20.7 Å². The van der Waals surface area contributed by atoms with E-state index in [1.807, 2.05) is 24.3 Å². The molecule has 0 saturated carbocycles. The van der Waals surface area contributed by atoms with E-state index < -0.39 is 6.10 Å². The maximum atomic E-state index is 9.79. The second kappa shape index (κ2) is 7.40. The molecule has 0 aliphatic carbocycles. The minimum absolute atomic E-state index is 0. The van der Waals surface area contributed by atoms with Crippen LogP contribution in [0.4, 0.5) is 0 Å². The molecule has 1 aromatic heterocycles. The molecule has 19 heavy (non-hydrogen) atoms. The summed E-state index contributed by atoms with van der Waals surface area (Å²) in [5.41, 5.74) is 1.10. The van der Waals surface area contributed by atoms with Crippen molar-refractivity contribution in [2.45, 2.75) is 12.6 Å². The van der Waals surface area contributed by atoms with Crippen LogP contribution in [0.2, 0.25) is 5.02 Å². The molecule has 0 fully saturated rings. The zero-order chi connectivity index (χ0) is 13.0. The van der Waals surface area contributed by atoms with Gasteiger partial charge in [0, 0.05) is 18.1 Å². The highest BCUT2D eigenvalue weighted by atomic mass is 35.5. The Hall–Kier alpha value is -1.21. The largest absolute Gasteiger partial charge is 1.00 e. The molecule has 1 heterocycles. The minimum atomic E-state index is -0.758. The zero-order valence-corrected chi connectivity index (χ0v) is 11.8. The van der Waals surface area contributed by atoms with Crippen LogP contribution >= 0.6 is 11.6 Å². The molecule has 2 N–H and O–H groups in total. The molecule has 2 aromatic rings. The second-order valence-electron chi connectivity index (χ2n) is 3.91. The van der Waals surface area contributed by atoms with Crippen LogP contribution in [0.1, 0.15) is 17.5 Å². The normalized spacial score (nSPS) is 11.9. The fourth-order valence-corrected chi connectivity index (χ4v) is 1.60. The molecule has 0 aliphatic heterocycles. The number of tetrazole rings is 1. The van der Waals surface area contributed by atoms with Crippen LogP contribution in [0, 0.1) is 0 Å². The van der Waals surface area contributed by atoms with E-state index >= 15 is 0 Å². The number of aryl methyl sites for hydroxylation is 1. The van der Waals surface area contributed by atoms with Crippen LogP contribution in [0.3, 0.4) is 0 Å². The lowest BCUT2D eigenvalue weighted by atomic mass is 10.2. The van der Waals surface area contributed by atoms with Gasteiger partial charge >= 0.3 is 0 Å². The third-order valence-corrected chi connectivity index (χ3v) is 2.65. The Labute approximate surface area is 122 Å². The first-order chi connectivity index (χ1) is 8.65. The number of nitrogens with one attached hydrogen (secondary N) is 1. The van der Waals surface area contributed by atoms with Crippen molar-refractivity contribution in [3.8, 4) is 0 Å². The predicted octanol–water partition coefficient (Wildman–Crippen LogP) is -2.31. The van der Waals surface area contributed by atoms with E-state index in [9.17, 15) is 5.11 Å². The van der Waals surface area contributed by atoms with E-state index in [0.29, 0.717) is 23.9 Å². The highest BCUT2D eigenvalue weighted by molar-refractivity contribution is 6.30. The van der Waals surface area contributed by atoms with Crippen LogP contribution in [0.15, 0.2) is 24.3 Å². The van der Waals surface area contributed by atoms with Crippen LogP contribution < -0.4 is 17.7 Å². The Kier molecular flexibility index (Phi) is 6.17. The van der Waals surface area contributed by atoms with Gasteiger partial charge in [0.05, 0.1) is 7.05 Å². The van der Waals surface area contributed by atoms with Crippen molar-refractivity contribution < 1.29 is 17.5 Å². The Bertz CT molecular complexity index is 502. The van der Waals surface area contributed by atoms with Crippen molar-refractivity contribution in [3.63, 3.8) is 0 Å². The second-order valence-corrected chi connectivity index (χ2v) is 4.35. The highest BCUT2D eigenvalue weighted by Gasteiger charge is 2.12. The molecule has 1 atom stereocenters. The summed E-state index contributed by atoms with van der Waals surface area (Å²) in [5, 5.41) is 25.0. The number of halogens is 2. The Morgan fingerprint density at radius 1 is 1.37 bits per heavy atom. The van der Waals surface area contributed by atoms with Crippen molar-refractivity contribution in [3.05, 3.63) is 40.7 Å². The van der Waals surface area contributed by atoms with Gasteiger partial charge in [0.15, 0.2) is 0 Å². The predicted molar refractivity (Wildman–Crippen MR) is 66.9 cm³/mol. The van der Waals surface area contributed by atoms with Crippen LogP contribution in [0.25, 0.3) is 0 Å². The van der Waals surface area contributed by atoms with E-state index in [-0.39, 0.29) is 12.4 Å². The number of aliphatic hydroxyl groups is 1.